The van der Waals surface area contributed by atoms with Gasteiger partial charge in [-0.15, -0.1) is 0 Å². The first-order valence-corrected chi connectivity index (χ1v) is 12.3. The Balaban J connectivity index is 1.50. The molecule has 33 heavy (non-hydrogen) atoms. The minimum absolute atomic E-state index is 0.347. The number of hydrogen-bond acceptors (Lipinski definition) is 3. The third-order valence-electron chi connectivity index (χ3n) is 7.30. The molecule has 1 fully saturated rings. The first kappa shape index (κ1) is 21.9. The van der Waals surface area contributed by atoms with E-state index in [9.17, 15) is 4.79 Å². The van der Waals surface area contributed by atoms with Gasteiger partial charge in [-0.2, -0.15) is 0 Å². The molecule has 4 heterocycles. The van der Waals surface area contributed by atoms with Crippen molar-refractivity contribution in [3.8, 4) is 11.3 Å². The summed E-state index contributed by atoms with van der Waals surface area (Å²) in [5, 5.41) is 2.52. The topological polar surface area (TPSA) is 53.9 Å². The Labute approximate surface area is 195 Å². The van der Waals surface area contributed by atoms with E-state index in [1.807, 2.05) is 19.2 Å². The number of aromatic amines is 1. The molecule has 0 saturated carbocycles. The minimum atomic E-state index is 0.347. The summed E-state index contributed by atoms with van der Waals surface area (Å²) in [5.74, 6) is 1.31. The number of rotatable bonds is 6. The molecule has 5 rings (SSSR count). The van der Waals surface area contributed by atoms with Crippen molar-refractivity contribution >= 4 is 27.7 Å². The van der Waals surface area contributed by atoms with Crippen molar-refractivity contribution in [3.63, 3.8) is 0 Å². The van der Waals surface area contributed by atoms with Gasteiger partial charge < -0.3 is 9.55 Å². The Morgan fingerprint density at radius 2 is 1.97 bits per heavy atom. The molecule has 0 bridgehead atoms. The zero-order chi connectivity index (χ0) is 23.1. The van der Waals surface area contributed by atoms with Crippen LogP contribution in [0.15, 0.2) is 42.7 Å². The second kappa shape index (κ2) is 8.79. The lowest BCUT2D eigenvalue weighted by Gasteiger charge is -2.31. The Hall–Kier alpha value is -2.92. The Morgan fingerprint density at radius 3 is 2.70 bits per heavy atom. The van der Waals surface area contributed by atoms with Gasteiger partial charge in [0.05, 0.1) is 12.2 Å². The van der Waals surface area contributed by atoms with E-state index < -0.39 is 0 Å². The standard InChI is InChI=1S/C28H34N4O/c1-5-21(33)16-32-13-10-19(11-14-32)20-8-9-25-23(15-20)26(18(2)3)27(30-25)24-17-31(4)28-22(24)7-6-12-29-28/h6-9,12,15,17-19,30H,5,10-11,13-14,16H2,1-4H3. The molecule has 4 aromatic rings. The molecule has 1 aromatic carbocycles. The van der Waals surface area contributed by atoms with Crippen LogP contribution in [-0.4, -0.2) is 44.9 Å². The van der Waals surface area contributed by atoms with Crippen LogP contribution in [0.3, 0.4) is 0 Å². The summed E-state index contributed by atoms with van der Waals surface area (Å²) in [6.07, 6.45) is 6.92. The number of likely N-dealkylation sites (tertiary alicyclic amines) is 1. The summed E-state index contributed by atoms with van der Waals surface area (Å²) in [4.78, 5) is 22.5. The molecule has 1 saturated heterocycles. The lowest BCUT2D eigenvalue weighted by Crippen LogP contribution is -2.36. The maximum atomic E-state index is 11.8. The van der Waals surface area contributed by atoms with Crippen molar-refractivity contribution in [1.82, 2.24) is 19.4 Å². The average molecular weight is 443 g/mol. The van der Waals surface area contributed by atoms with Gasteiger partial charge in [-0.25, -0.2) is 4.98 Å². The second-order valence-electron chi connectivity index (χ2n) is 9.84. The number of piperidine rings is 1. The van der Waals surface area contributed by atoms with Crippen LogP contribution < -0.4 is 0 Å². The first-order chi connectivity index (χ1) is 16.0. The number of carbonyl (C=O) groups excluding carboxylic acids is 1. The van der Waals surface area contributed by atoms with Crippen molar-refractivity contribution in [2.24, 2.45) is 7.05 Å². The lowest BCUT2D eigenvalue weighted by molar-refractivity contribution is -0.120. The Kier molecular flexibility index (Phi) is 5.83. The van der Waals surface area contributed by atoms with E-state index in [0.717, 1.165) is 31.6 Å². The van der Waals surface area contributed by atoms with E-state index in [1.165, 1.54) is 38.7 Å². The fraction of sp³-hybridized carbons (Fsp3) is 0.429. The highest BCUT2D eigenvalue weighted by Crippen LogP contribution is 2.40. The van der Waals surface area contributed by atoms with E-state index in [2.05, 4.69) is 70.8 Å². The third-order valence-corrected chi connectivity index (χ3v) is 7.30. The predicted molar refractivity (Wildman–Crippen MR) is 136 cm³/mol. The van der Waals surface area contributed by atoms with E-state index in [4.69, 9.17) is 0 Å². The smallest absolute Gasteiger partial charge is 0.146 e. The zero-order valence-electron chi connectivity index (χ0n) is 20.2. The number of pyridine rings is 1. The number of benzene rings is 1. The third kappa shape index (κ3) is 3.99. The van der Waals surface area contributed by atoms with Crippen LogP contribution in [0.2, 0.25) is 0 Å². The van der Waals surface area contributed by atoms with Crippen LogP contribution in [0.25, 0.3) is 33.2 Å². The van der Waals surface area contributed by atoms with Gasteiger partial charge in [-0.05, 0) is 73.2 Å². The van der Waals surface area contributed by atoms with Crippen LogP contribution in [0, 0.1) is 0 Å². The van der Waals surface area contributed by atoms with Gasteiger partial charge in [0, 0.05) is 47.7 Å². The van der Waals surface area contributed by atoms with Crippen molar-refractivity contribution < 1.29 is 4.79 Å². The number of carbonyl (C=O) groups is 1. The number of aromatic nitrogens is 3. The van der Waals surface area contributed by atoms with Crippen molar-refractivity contribution in [1.29, 1.82) is 0 Å². The summed E-state index contributed by atoms with van der Waals surface area (Å²) in [5.41, 5.74) is 7.45. The van der Waals surface area contributed by atoms with E-state index in [-0.39, 0.29) is 0 Å². The van der Waals surface area contributed by atoms with E-state index in [1.54, 1.807) is 0 Å². The van der Waals surface area contributed by atoms with Crippen LogP contribution in [-0.2, 0) is 11.8 Å². The molecule has 5 heteroatoms. The van der Waals surface area contributed by atoms with E-state index in [0.29, 0.717) is 30.6 Å². The molecule has 1 aliphatic heterocycles. The predicted octanol–water partition coefficient (Wildman–Crippen LogP) is 6.00. The van der Waals surface area contributed by atoms with Crippen LogP contribution in [0.4, 0.5) is 0 Å². The fourth-order valence-corrected chi connectivity index (χ4v) is 5.49. The number of aryl methyl sites for hydroxylation is 1. The summed E-state index contributed by atoms with van der Waals surface area (Å²) in [7, 11) is 2.06. The molecule has 3 aromatic heterocycles. The number of ketones is 1. The molecule has 0 radical (unpaired) electrons. The largest absolute Gasteiger partial charge is 0.354 e. The monoisotopic (exact) mass is 442 g/mol. The molecule has 0 atom stereocenters. The van der Waals surface area contributed by atoms with Crippen LogP contribution in [0.1, 0.15) is 63.0 Å². The summed E-state index contributed by atoms with van der Waals surface area (Å²) in [6, 6.07) is 11.2. The molecule has 0 amide bonds. The molecule has 0 spiro atoms. The average Bonchev–Trinajstić information content (AvgIpc) is 3.37. The minimum Gasteiger partial charge on any atom is -0.354 e. The maximum Gasteiger partial charge on any atom is 0.146 e. The number of nitrogens with one attached hydrogen (secondary N) is 1. The lowest BCUT2D eigenvalue weighted by atomic mass is 9.87. The van der Waals surface area contributed by atoms with Crippen molar-refractivity contribution in [3.05, 3.63) is 53.9 Å². The molecular formula is C28H34N4O. The van der Waals surface area contributed by atoms with E-state index >= 15 is 0 Å². The molecular weight excluding hydrogens is 408 g/mol. The number of fused-ring (bicyclic) bond motifs is 2. The van der Waals surface area contributed by atoms with Gasteiger partial charge in [0.15, 0.2) is 0 Å². The summed E-state index contributed by atoms with van der Waals surface area (Å²) < 4.78 is 2.11. The van der Waals surface area contributed by atoms with Gasteiger partial charge in [0.2, 0.25) is 0 Å². The summed E-state index contributed by atoms with van der Waals surface area (Å²) >= 11 is 0. The van der Waals surface area contributed by atoms with Crippen LogP contribution >= 0.6 is 0 Å². The highest BCUT2D eigenvalue weighted by Gasteiger charge is 2.24. The normalized spacial score (nSPS) is 15.8. The maximum absolute atomic E-state index is 11.8. The first-order valence-electron chi connectivity index (χ1n) is 12.3. The Morgan fingerprint density at radius 1 is 1.18 bits per heavy atom. The highest BCUT2D eigenvalue weighted by molar-refractivity contribution is 5.99. The number of H-pyrrole nitrogens is 1. The fourth-order valence-electron chi connectivity index (χ4n) is 5.49. The summed E-state index contributed by atoms with van der Waals surface area (Å²) in [6.45, 7) is 9.15. The number of Topliss-reactive ketones (excluding diaryl/α,β-unsaturated/α-hetero) is 1. The molecule has 0 aliphatic carbocycles. The van der Waals surface area contributed by atoms with Gasteiger partial charge in [-0.1, -0.05) is 26.8 Å². The SMILES string of the molecule is CCC(=O)CN1CCC(c2ccc3[nH]c(-c4cn(C)c5ncccc45)c(C(C)C)c3c2)CC1. The zero-order valence-corrected chi connectivity index (χ0v) is 20.2. The molecule has 1 N–H and O–H groups in total. The molecule has 1 aliphatic rings. The quantitative estimate of drug-likeness (QED) is 0.398. The molecule has 0 unspecified atom stereocenters. The highest BCUT2D eigenvalue weighted by atomic mass is 16.1. The molecule has 172 valence electrons. The van der Waals surface area contributed by atoms with Crippen molar-refractivity contribution in [2.75, 3.05) is 19.6 Å². The second-order valence-corrected chi connectivity index (χ2v) is 9.84. The van der Waals surface area contributed by atoms with Crippen LogP contribution in [0.5, 0.6) is 0 Å². The Bertz CT molecular complexity index is 1300. The van der Waals surface area contributed by atoms with Gasteiger partial charge in [0.25, 0.3) is 0 Å². The van der Waals surface area contributed by atoms with Gasteiger partial charge in [-0.3, -0.25) is 9.69 Å². The number of nitrogens with zero attached hydrogens (tertiary/aromatic N) is 3. The van der Waals surface area contributed by atoms with Crippen molar-refractivity contribution in [2.45, 2.75) is 51.9 Å². The molecule has 5 nitrogen and oxygen atoms in total. The number of hydrogen-bond donors (Lipinski definition) is 1. The van der Waals surface area contributed by atoms with Gasteiger partial charge in [0.1, 0.15) is 11.4 Å². The van der Waals surface area contributed by atoms with Gasteiger partial charge >= 0.3 is 0 Å².